The number of hydrogen-bond acceptors (Lipinski definition) is 8. The molecule has 3 aromatic rings. The zero-order chi connectivity index (χ0) is 20.8. The zero-order valence-corrected chi connectivity index (χ0v) is 16.1. The van der Waals surface area contributed by atoms with Crippen LogP contribution in [0.4, 0.5) is 28.8 Å². The van der Waals surface area contributed by atoms with Crippen LogP contribution in [0.5, 0.6) is 11.5 Å². The molecule has 0 radical (unpaired) electrons. The molecule has 0 saturated carbocycles. The Kier molecular flexibility index (Phi) is 6.08. The second-order valence-corrected chi connectivity index (χ2v) is 5.88. The quantitative estimate of drug-likeness (QED) is 0.445. The molecule has 0 fully saturated rings. The van der Waals surface area contributed by atoms with Crippen LogP contribution < -0.4 is 20.1 Å². The van der Waals surface area contributed by atoms with Gasteiger partial charge in [0.15, 0.2) is 0 Å². The van der Waals surface area contributed by atoms with Crippen molar-refractivity contribution in [3.63, 3.8) is 0 Å². The molecular weight excluding hydrogens is 374 g/mol. The third-order valence-corrected chi connectivity index (χ3v) is 3.99. The normalized spacial score (nSPS) is 10.4. The maximum Gasteiger partial charge on any atom is 0.330 e. The Bertz CT molecular complexity index is 928. The van der Waals surface area contributed by atoms with E-state index in [-0.39, 0.29) is 17.5 Å². The van der Waals surface area contributed by atoms with Crippen molar-refractivity contribution in [2.45, 2.75) is 13.8 Å². The van der Waals surface area contributed by atoms with E-state index in [1.807, 2.05) is 13.8 Å². The Morgan fingerprint density at radius 2 is 1.45 bits per heavy atom. The monoisotopic (exact) mass is 395 g/mol. The van der Waals surface area contributed by atoms with Crippen LogP contribution in [0.25, 0.3) is 0 Å². The van der Waals surface area contributed by atoms with Gasteiger partial charge in [-0.1, -0.05) is 0 Å². The summed E-state index contributed by atoms with van der Waals surface area (Å²) >= 11 is 0. The van der Waals surface area contributed by atoms with Gasteiger partial charge in [0.05, 0.1) is 18.1 Å². The Morgan fingerprint density at radius 1 is 0.966 bits per heavy atom. The van der Waals surface area contributed by atoms with Crippen LogP contribution in [0.1, 0.15) is 13.8 Å². The van der Waals surface area contributed by atoms with Crippen molar-refractivity contribution in [3.8, 4) is 11.5 Å². The molecule has 3 rings (SSSR count). The smallest absolute Gasteiger partial charge is 0.330 e. The van der Waals surface area contributed by atoms with Gasteiger partial charge in [0, 0.05) is 11.4 Å². The number of anilines is 4. The fourth-order valence-corrected chi connectivity index (χ4v) is 2.78. The van der Waals surface area contributed by atoms with Gasteiger partial charge in [0.2, 0.25) is 11.8 Å². The number of nitro groups is 1. The first-order valence-electron chi connectivity index (χ1n) is 9.06. The van der Waals surface area contributed by atoms with Gasteiger partial charge in [-0.05, 0) is 62.4 Å². The summed E-state index contributed by atoms with van der Waals surface area (Å²) in [5.74, 6) is 1.39. The van der Waals surface area contributed by atoms with E-state index in [2.05, 4.69) is 9.97 Å². The van der Waals surface area contributed by atoms with Gasteiger partial charge in [0.1, 0.15) is 17.7 Å². The first-order valence-corrected chi connectivity index (χ1v) is 9.06. The SMILES string of the molecule is CCOc1ccc(N(c2ccc(OCC)cc2)c2nc(N)ncc2[N+](=O)[O-])cc1. The first-order chi connectivity index (χ1) is 14.0. The molecule has 2 aromatic carbocycles. The average Bonchev–Trinajstić information content (AvgIpc) is 2.71. The molecule has 9 nitrogen and oxygen atoms in total. The topological polar surface area (TPSA) is 117 Å². The van der Waals surface area contributed by atoms with Crippen LogP contribution in [0.3, 0.4) is 0 Å². The third kappa shape index (κ3) is 4.52. The fourth-order valence-electron chi connectivity index (χ4n) is 2.78. The molecule has 0 bridgehead atoms. The van der Waals surface area contributed by atoms with Crippen molar-refractivity contribution in [2.24, 2.45) is 0 Å². The summed E-state index contributed by atoms with van der Waals surface area (Å²) in [7, 11) is 0. The third-order valence-electron chi connectivity index (χ3n) is 3.99. The number of nitrogens with two attached hydrogens (primary N) is 1. The number of nitrogens with zero attached hydrogens (tertiary/aromatic N) is 4. The second kappa shape index (κ2) is 8.87. The van der Waals surface area contributed by atoms with E-state index in [4.69, 9.17) is 15.2 Å². The first kappa shape index (κ1) is 19.9. The van der Waals surface area contributed by atoms with Crippen molar-refractivity contribution >= 4 is 28.8 Å². The molecule has 1 aromatic heterocycles. The molecule has 1 heterocycles. The maximum absolute atomic E-state index is 11.6. The molecule has 0 aliphatic heterocycles. The minimum absolute atomic E-state index is 0.0625. The van der Waals surface area contributed by atoms with E-state index in [0.29, 0.717) is 36.1 Å². The molecular formula is C20H21N5O4. The van der Waals surface area contributed by atoms with Gasteiger partial charge in [-0.15, -0.1) is 0 Å². The lowest BCUT2D eigenvalue weighted by Gasteiger charge is -2.24. The minimum atomic E-state index is -0.537. The van der Waals surface area contributed by atoms with Crippen molar-refractivity contribution in [3.05, 3.63) is 64.8 Å². The summed E-state index contributed by atoms with van der Waals surface area (Å²) in [5, 5.41) is 11.6. The van der Waals surface area contributed by atoms with Crippen LogP contribution >= 0.6 is 0 Å². The molecule has 2 N–H and O–H groups in total. The highest BCUT2D eigenvalue weighted by molar-refractivity contribution is 5.79. The summed E-state index contributed by atoms with van der Waals surface area (Å²) in [5.41, 5.74) is 6.78. The number of nitrogen functional groups attached to an aromatic ring is 1. The van der Waals surface area contributed by atoms with Gasteiger partial charge in [-0.3, -0.25) is 15.0 Å². The van der Waals surface area contributed by atoms with Crippen molar-refractivity contribution in [2.75, 3.05) is 23.8 Å². The Labute approximate surface area is 167 Å². The van der Waals surface area contributed by atoms with Crippen molar-refractivity contribution in [1.29, 1.82) is 0 Å². The molecule has 0 aliphatic carbocycles. The molecule has 9 heteroatoms. The van der Waals surface area contributed by atoms with E-state index in [1.165, 1.54) is 0 Å². The molecule has 0 aliphatic rings. The van der Waals surface area contributed by atoms with Crippen LogP contribution in [0.2, 0.25) is 0 Å². The molecule has 0 amide bonds. The van der Waals surface area contributed by atoms with E-state index < -0.39 is 4.92 Å². The highest BCUT2D eigenvalue weighted by Crippen LogP contribution is 2.39. The molecule has 0 atom stereocenters. The lowest BCUT2D eigenvalue weighted by atomic mass is 10.2. The summed E-state index contributed by atoms with van der Waals surface area (Å²) in [6.07, 6.45) is 1.10. The van der Waals surface area contributed by atoms with Crippen LogP contribution in [0.15, 0.2) is 54.7 Å². The summed E-state index contributed by atoms with van der Waals surface area (Å²) < 4.78 is 11.0. The molecule has 0 saturated heterocycles. The Hall–Kier alpha value is -3.88. The van der Waals surface area contributed by atoms with Crippen LogP contribution in [-0.4, -0.2) is 28.1 Å². The minimum Gasteiger partial charge on any atom is -0.494 e. The lowest BCUT2D eigenvalue weighted by molar-refractivity contribution is -0.384. The zero-order valence-electron chi connectivity index (χ0n) is 16.1. The second-order valence-electron chi connectivity index (χ2n) is 5.88. The van der Waals surface area contributed by atoms with Crippen molar-refractivity contribution in [1.82, 2.24) is 9.97 Å². The Morgan fingerprint density at radius 3 is 1.86 bits per heavy atom. The number of ether oxygens (including phenoxy) is 2. The molecule has 0 spiro atoms. The van der Waals surface area contributed by atoms with Crippen LogP contribution in [-0.2, 0) is 0 Å². The van der Waals surface area contributed by atoms with Crippen LogP contribution in [0, 0.1) is 10.1 Å². The lowest BCUT2D eigenvalue weighted by Crippen LogP contribution is -2.15. The van der Waals surface area contributed by atoms with E-state index >= 15 is 0 Å². The predicted molar refractivity (Wildman–Crippen MR) is 110 cm³/mol. The molecule has 29 heavy (non-hydrogen) atoms. The number of hydrogen-bond donors (Lipinski definition) is 1. The van der Waals surface area contributed by atoms with Gasteiger partial charge in [-0.2, -0.15) is 4.98 Å². The van der Waals surface area contributed by atoms with Gasteiger partial charge in [0.25, 0.3) is 0 Å². The maximum atomic E-state index is 11.6. The number of benzene rings is 2. The van der Waals surface area contributed by atoms with E-state index in [9.17, 15) is 10.1 Å². The highest BCUT2D eigenvalue weighted by Gasteiger charge is 2.25. The summed E-state index contributed by atoms with van der Waals surface area (Å²) in [6.45, 7) is 4.87. The Balaban J connectivity index is 2.14. The number of rotatable bonds is 8. The average molecular weight is 395 g/mol. The van der Waals surface area contributed by atoms with Gasteiger partial charge < -0.3 is 15.2 Å². The van der Waals surface area contributed by atoms with Gasteiger partial charge >= 0.3 is 5.69 Å². The largest absolute Gasteiger partial charge is 0.494 e. The van der Waals surface area contributed by atoms with Gasteiger partial charge in [-0.25, -0.2) is 4.98 Å². The molecule has 150 valence electrons. The standard InChI is InChI=1S/C20H21N5O4/c1-3-28-16-9-5-14(6-10-16)24(15-7-11-17(12-8-15)29-4-2)19-18(25(26)27)13-22-20(21)23-19/h5-13H,3-4H2,1-2H3,(H2,21,22,23). The summed E-state index contributed by atoms with van der Waals surface area (Å²) in [4.78, 5) is 20.6. The molecule has 0 unspecified atom stereocenters. The van der Waals surface area contributed by atoms with E-state index in [0.717, 1.165) is 6.20 Å². The fraction of sp³-hybridized carbons (Fsp3) is 0.200. The highest BCUT2D eigenvalue weighted by atomic mass is 16.6. The van der Waals surface area contributed by atoms with E-state index in [1.54, 1.807) is 53.4 Å². The van der Waals surface area contributed by atoms with Crippen molar-refractivity contribution < 1.29 is 14.4 Å². The number of aromatic nitrogens is 2. The summed E-state index contributed by atoms with van der Waals surface area (Å²) in [6, 6.07) is 14.3. The predicted octanol–water partition coefficient (Wildman–Crippen LogP) is 4.23.